The number of oxazole rings is 1. The minimum atomic E-state index is -3.65. The first-order valence-corrected chi connectivity index (χ1v) is 11.5. The number of benzene rings is 2. The molecule has 0 unspecified atom stereocenters. The number of thiazole rings is 1. The van der Waals surface area contributed by atoms with Crippen LogP contribution in [-0.2, 0) is 9.84 Å². The van der Waals surface area contributed by atoms with Crippen molar-refractivity contribution < 1.29 is 17.2 Å². The van der Waals surface area contributed by atoms with Gasteiger partial charge in [-0.3, -0.25) is 0 Å². The predicted molar refractivity (Wildman–Crippen MR) is 111 cm³/mol. The number of hydrogen-bond donors (Lipinski definition) is 0. The van der Waals surface area contributed by atoms with Crippen LogP contribution >= 0.6 is 11.3 Å². The third-order valence-corrected chi connectivity index (χ3v) is 6.43. The van der Waals surface area contributed by atoms with Crippen molar-refractivity contribution in [2.75, 3.05) is 6.26 Å². The molecule has 0 aliphatic carbocycles. The Bertz CT molecular complexity index is 1310. The quantitative estimate of drug-likeness (QED) is 0.441. The summed E-state index contributed by atoms with van der Waals surface area (Å²) in [6.45, 7) is 3.71. The Morgan fingerprint density at radius 3 is 2.45 bits per heavy atom. The molecule has 0 amide bonds. The van der Waals surface area contributed by atoms with Gasteiger partial charge in [-0.1, -0.05) is 12.1 Å². The largest absolute Gasteiger partial charge is 0.440 e. The molecule has 8 heteroatoms. The third-order valence-electron chi connectivity index (χ3n) is 4.49. The standard InChI is InChI=1S/C21H17FN2O3S2/c1-12-10-14(4-6-16(12)21-23-8-9-28-21)19-20(27-13(2)24-19)15-5-7-18(17(22)11-15)29(3,25)26/h4-11H,1-3H3. The average molecular weight is 429 g/mol. The second-order valence-corrected chi connectivity index (χ2v) is 9.57. The smallest absolute Gasteiger partial charge is 0.192 e. The van der Waals surface area contributed by atoms with Gasteiger partial charge in [0.15, 0.2) is 21.5 Å². The highest BCUT2D eigenvalue weighted by atomic mass is 32.2. The van der Waals surface area contributed by atoms with Crippen molar-refractivity contribution in [3.63, 3.8) is 0 Å². The summed E-state index contributed by atoms with van der Waals surface area (Å²) >= 11 is 1.56. The molecule has 0 atom stereocenters. The first-order valence-electron chi connectivity index (χ1n) is 8.72. The van der Waals surface area contributed by atoms with E-state index in [1.807, 2.05) is 30.5 Å². The number of rotatable bonds is 4. The van der Waals surface area contributed by atoms with E-state index in [4.69, 9.17) is 4.42 Å². The van der Waals surface area contributed by atoms with Crippen molar-refractivity contribution in [2.45, 2.75) is 18.7 Å². The van der Waals surface area contributed by atoms with Gasteiger partial charge >= 0.3 is 0 Å². The molecule has 0 fully saturated rings. The SMILES string of the molecule is Cc1nc(-c2ccc(-c3nccs3)c(C)c2)c(-c2ccc(S(C)(=O)=O)c(F)c2)o1. The van der Waals surface area contributed by atoms with Crippen molar-refractivity contribution in [1.29, 1.82) is 0 Å². The molecule has 2 aromatic heterocycles. The Labute approximate surface area is 171 Å². The van der Waals surface area contributed by atoms with Gasteiger partial charge < -0.3 is 4.42 Å². The van der Waals surface area contributed by atoms with E-state index >= 15 is 0 Å². The van der Waals surface area contributed by atoms with Crippen LogP contribution in [0.25, 0.3) is 33.2 Å². The lowest BCUT2D eigenvalue weighted by molar-refractivity contribution is 0.532. The molecule has 2 heterocycles. The molecule has 0 saturated heterocycles. The first-order chi connectivity index (χ1) is 13.7. The second kappa shape index (κ2) is 7.20. The van der Waals surface area contributed by atoms with Gasteiger partial charge in [0.2, 0.25) is 0 Å². The molecular formula is C21H17FN2O3S2. The van der Waals surface area contributed by atoms with Crippen molar-refractivity contribution >= 4 is 21.2 Å². The van der Waals surface area contributed by atoms with Gasteiger partial charge in [-0.05, 0) is 36.8 Å². The minimum absolute atomic E-state index is 0.345. The fourth-order valence-electron chi connectivity index (χ4n) is 3.17. The van der Waals surface area contributed by atoms with E-state index in [0.29, 0.717) is 22.9 Å². The monoisotopic (exact) mass is 428 g/mol. The van der Waals surface area contributed by atoms with Crippen molar-refractivity contribution in [3.8, 4) is 33.2 Å². The molecule has 4 aromatic rings. The second-order valence-electron chi connectivity index (χ2n) is 6.69. The van der Waals surface area contributed by atoms with Crippen LogP contribution in [0.1, 0.15) is 11.5 Å². The molecule has 0 aliphatic heterocycles. The molecule has 148 valence electrons. The van der Waals surface area contributed by atoms with E-state index in [1.165, 1.54) is 12.1 Å². The van der Waals surface area contributed by atoms with Gasteiger partial charge in [0, 0.05) is 41.4 Å². The molecule has 0 N–H and O–H groups in total. The maximum Gasteiger partial charge on any atom is 0.192 e. The molecule has 0 aliphatic rings. The Morgan fingerprint density at radius 2 is 1.83 bits per heavy atom. The zero-order valence-electron chi connectivity index (χ0n) is 15.9. The van der Waals surface area contributed by atoms with E-state index in [1.54, 1.807) is 24.5 Å². The average Bonchev–Trinajstić information content (AvgIpc) is 3.30. The van der Waals surface area contributed by atoms with Gasteiger partial charge in [-0.2, -0.15) is 0 Å². The maximum absolute atomic E-state index is 14.4. The highest BCUT2D eigenvalue weighted by Gasteiger charge is 2.20. The van der Waals surface area contributed by atoms with Crippen LogP contribution in [-0.4, -0.2) is 24.6 Å². The maximum atomic E-state index is 14.4. The summed E-state index contributed by atoms with van der Waals surface area (Å²) < 4.78 is 43.5. The summed E-state index contributed by atoms with van der Waals surface area (Å²) in [7, 11) is -3.65. The highest BCUT2D eigenvalue weighted by Crippen LogP contribution is 2.36. The zero-order chi connectivity index (χ0) is 20.8. The van der Waals surface area contributed by atoms with Crippen LogP contribution in [0.4, 0.5) is 4.39 Å². The van der Waals surface area contributed by atoms with Gasteiger partial charge in [0.1, 0.15) is 21.4 Å². The lowest BCUT2D eigenvalue weighted by atomic mass is 10.0. The van der Waals surface area contributed by atoms with Crippen LogP contribution in [0, 0.1) is 19.7 Å². The normalized spacial score (nSPS) is 11.7. The lowest BCUT2D eigenvalue weighted by Gasteiger charge is -2.07. The number of aryl methyl sites for hydroxylation is 2. The van der Waals surface area contributed by atoms with Crippen LogP contribution in [0.15, 0.2) is 57.3 Å². The third kappa shape index (κ3) is 3.73. The van der Waals surface area contributed by atoms with Gasteiger partial charge in [-0.15, -0.1) is 11.3 Å². The zero-order valence-corrected chi connectivity index (χ0v) is 17.6. The Kier molecular flexibility index (Phi) is 4.84. The number of nitrogens with zero attached hydrogens (tertiary/aromatic N) is 2. The van der Waals surface area contributed by atoms with Crippen molar-refractivity contribution in [1.82, 2.24) is 9.97 Å². The van der Waals surface area contributed by atoms with E-state index in [9.17, 15) is 12.8 Å². The molecule has 0 spiro atoms. The van der Waals surface area contributed by atoms with E-state index in [0.717, 1.165) is 34.0 Å². The van der Waals surface area contributed by atoms with Crippen molar-refractivity contribution in [3.05, 3.63) is 65.2 Å². The van der Waals surface area contributed by atoms with Crippen molar-refractivity contribution in [2.24, 2.45) is 0 Å². The molecule has 2 aromatic carbocycles. The minimum Gasteiger partial charge on any atom is -0.440 e. The summed E-state index contributed by atoms with van der Waals surface area (Å²) in [5.74, 6) is 0.00685. The number of aromatic nitrogens is 2. The summed E-state index contributed by atoms with van der Waals surface area (Å²) in [6, 6.07) is 9.82. The Balaban J connectivity index is 1.80. The molecule has 5 nitrogen and oxygen atoms in total. The fraction of sp³-hybridized carbons (Fsp3) is 0.143. The Morgan fingerprint density at radius 1 is 1.07 bits per heavy atom. The summed E-state index contributed by atoms with van der Waals surface area (Å²) in [4.78, 5) is 8.48. The van der Waals surface area contributed by atoms with E-state index in [-0.39, 0.29) is 4.90 Å². The number of hydrogen-bond acceptors (Lipinski definition) is 6. The predicted octanol–water partition coefficient (Wildman–Crippen LogP) is 5.29. The van der Waals surface area contributed by atoms with E-state index < -0.39 is 15.7 Å². The summed E-state index contributed by atoms with van der Waals surface area (Å²) in [6.07, 6.45) is 2.74. The summed E-state index contributed by atoms with van der Waals surface area (Å²) in [5.41, 5.74) is 3.88. The molecule has 29 heavy (non-hydrogen) atoms. The Hall–Kier alpha value is -2.84. The van der Waals surface area contributed by atoms with Gasteiger partial charge in [0.25, 0.3) is 0 Å². The molecule has 0 radical (unpaired) electrons. The number of sulfone groups is 1. The topological polar surface area (TPSA) is 73.1 Å². The molecule has 0 bridgehead atoms. The van der Waals surface area contributed by atoms with E-state index in [2.05, 4.69) is 9.97 Å². The number of halogens is 1. The molecule has 0 saturated carbocycles. The van der Waals surface area contributed by atoms with Crippen LogP contribution in [0.3, 0.4) is 0 Å². The highest BCUT2D eigenvalue weighted by molar-refractivity contribution is 7.90. The first kappa shape index (κ1) is 19.5. The van der Waals surface area contributed by atoms with Gasteiger partial charge in [0.05, 0.1) is 0 Å². The molecular weight excluding hydrogens is 411 g/mol. The van der Waals surface area contributed by atoms with Gasteiger partial charge in [-0.25, -0.2) is 22.8 Å². The van der Waals surface area contributed by atoms with Crippen LogP contribution in [0.5, 0.6) is 0 Å². The lowest BCUT2D eigenvalue weighted by Crippen LogP contribution is -2.00. The fourth-order valence-corrected chi connectivity index (χ4v) is 4.63. The van der Waals surface area contributed by atoms with Crippen LogP contribution < -0.4 is 0 Å². The van der Waals surface area contributed by atoms with Crippen LogP contribution in [0.2, 0.25) is 0 Å². The molecule has 4 rings (SSSR count). The summed E-state index contributed by atoms with van der Waals surface area (Å²) in [5, 5.41) is 2.86.